The summed E-state index contributed by atoms with van der Waals surface area (Å²) in [5.41, 5.74) is 0.271. The monoisotopic (exact) mass is 279 g/mol. The molecule has 0 spiro atoms. The van der Waals surface area contributed by atoms with Crippen LogP contribution in [0.4, 0.5) is 23.2 Å². The fourth-order valence-electron chi connectivity index (χ4n) is 1.50. The third kappa shape index (κ3) is 2.06. The zero-order chi connectivity index (χ0) is 13.5. The van der Waals surface area contributed by atoms with Gasteiger partial charge in [-0.25, -0.2) is 9.37 Å². The molecule has 0 aliphatic carbocycles. The Bertz CT molecular complexity index is 612. The highest BCUT2D eigenvalue weighted by molar-refractivity contribution is 6.31. The molecule has 3 nitrogen and oxygen atoms in total. The number of pyridine rings is 1. The van der Waals surface area contributed by atoms with Crippen LogP contribution >= 0.6 is 11.6 Å². The van der Waals surface area contributed by atoms with Gasteiger partial charge in [-0.2, -0.15) is 13.2 Å². The van der Waals surface area contributed by atoms with Crippen molar-refractivity contribution in [1.29, 1.82) is 0 Å². The predicted molar refractivity (Wildman–Crippen MR) is 59.5 cm³/mol. The molecule has 1 aromatic carbocycles. The van der Waals surface area contributed by atoms with Crippen LogP contribution in [-0.2, 0) is 6.18 Å². The Labute approximate surface area is 104 Å². The Hall–Kier alpha value is -1.60. The van der Waals surface area contributed by atoms with E-state index >= 15 is 0 Å². The number of hydrazine groups is 1. The molecule has 0 atom stereocenters. The van der Waals surface area contributed by atoms with Crippen LogP contribution in [0.15, 0.2) is 18.2 Å². The molecule has 2 aromatic rings. The third-order valence-corrected chi connectivity index (χ3v) is 2.61. The Morgan fingerprint density at radius 3 is 2.50 bits per heavy atom. The summed E-state index contributed by atoms with van der Waals surface area (Å²) in [6.07, 6.45) is -4.70. The number of hydrogen-bond donors (Lipinski definition) is 2. The van der Waals surface area contributed by atoms with Crippen molar-refractivity contribution in [3.8, 4) is 0 Å². The normalized spacial score (nSPS) is 11.9. The molecule has 96 valence electrons. The molecule has 0 unspecified atom stereocenters. The van der Waals surface area contributed by atoms with E-state index in [2.05, 4.69) is 10.4 Å². The van der Waals surface area contributed by atoms with Gasteiger partial charge in [0.05, 0.1) is 10.7 Å². The number of anilines is 1. The van der Waals surface area contributed by atoms with Crippen molar-refractivity contribution in [3.05, 3.63) is 34.7 Å². The van der Waals surface area contributed by atoms with E-state index in [9.17, 15) is 17.6 Å². The van der Waals surface area contributed by atoms with E-state index in [1.165, 1.54) is 12.1 Å². The van der Waals surface area contributed by atoms with Gasteiger partial charge >= 0.3 is 6.18 Å². The van der Waals surface area contributed by atoms with E-state index < -0.39 is 23.2 Å². The number of benzene rings is 1. The summed E-state index contributed by atoms with van der Waals surface area (Å²) in [7, 11) is 0. The molecule has 0 aliphatic heterocycles. The minimum Gasteiger partial charge on any atom is -0.323 e. The van der Waals surface area contributed by atoms with E-state index in [4.69, 9.17) is 17.4 Å². The van der Waals surface area contributed by atoms with E-state index in [0.717, 1.165) is 0 Å². The van der Waals surface area contributed by atoms with Gasteiger partial charge in [-0.3, -0.25) is 5.84 Å². The lowest BCUT2D eigenvalue weighted by molar-refractivity contribution is -0.140. The van der Waals surface area contributed by atoms with Crippen LogP contribution in [0.5, 0.6) is 0 Å². The van der Waals surface area contributed by atoms with Gasteiger partial charge in [0.2, 0.25) is 0 Å². The molecule has 1 heterocycles. The first-order valence-electron chi connectivity index (χ1n) is 4.67. The Balaban J connectivity index is 2.85. The van der Waals surface area contributed by atoms with Crippen LogP contribution in [0.25, 0.3) is 10.9 Å². The van der Waals surface area contributed by atoms with Crippen molar-refractivity contribution in [1.82, 2.24) is 4.98 Å². The van der Waals surface area contributed by atoms with Crippen LogP contribution < -0.4 is 11.3 Å². The van der Waals surface area contributed by atoms with Crippen molar-refractivity contribution in [3.63, 3.8) is 0 Å². The van der Waals surface area contributed by atoms with Gasteiger partial charge < -0.3 is 5.43 Å². The van der Waals surface area contributed by atoms with E-state index in [1.54, 1.807) is 0 Å². The topological polar surface area (TPSA) is 50.9 Å². The maximum absolute atomic E-state index is 13.7. The quantitative estimate of drug-likeness (QED) is 0.478. The summed E-state index contributed by atoms with van der Waals surface area (Å²) in [5.74, 6) is 4.10. The van der Waals surface area contributed by atoms with Gasteiger partial charge in [0.15, 0.2) is 5.82 Å². The first-order chi connectivity index (χ1) is 8.34. The zero-order valence-electron chi connectivity index (χ0n) is 8.65. The smallest absolute Gasteiger partial charge is 0.323 e. The van der Waals surface area contributed by atoms with E-state index in [0.29, 0.717) is 6.07 Å². The molecule has 1 aromatic heterocycles. The fraction of sp³-hybridized carbons (Fsp3) is 0.100. The minimum atomic E-state index is -4.70. The number of hydrogen-bond acceptors (Lipinski definition) is 3. The predicted octanol–water partition coefficient (Wildman–Crippen LogP) is 3.33. The second-order valence-corrected chi connectivity index (χ2v) is 3.86. The maximum atomic E-state index is 13.7. The molecule has 0 aliphatic rings. The minimum absolute atomic E-state index is 0.0807. The number of nitrogens with two attached hydrogens (primary N) is 1. The lowest BCUT2D eigenvalue weighted by Crippen LogP contribution is -2.13. The standard InChI is InChI=1S/C10H6ClF4N3/c11-5-2-1-4-6(18-16)3-7(10(13,14)15)17-9(4)8(5)12/h1-3H,16H2,(H,17,18). The second-order valence-electron chi connectivity index (χ2n) is 3.45. The molecule has 0 saturated heterocycles. The number of nitrogens with zero attached hydrogens (tertiary/aromatic N) is 1. The van der Waals surface area contributed by atoms with Gasteiger partial charge in [0.25, 0.3) is 0 Å². The number of halogens is 5. The Kier molecular flexibility index (Phi) is 3.04. The van der Waals surface area contributed by atoms with Crippen molar-refractivity contribution in [2.75, 3.05) is 5.43 Å². The highest BCUT2D eigenvalue weighted by Gasteiger charge is 2.33. The summed E-state index contributed by atoms with van der Waals surface area (Å²) in [4.78, 5) is 3.24. The summed E-state index contributed by atoms with van der Waals surface area (Å²) < 4.78 is 51.4. The summed E-state index contributed by atoms with van der Waals surface area (Å²) in [5, 5.41) is -0.190. The van der Waals surface area contributed by atoms with Crippen LogP contribution in [-0.4, -0.2) is 4.98 Å². The average molecular weight is 280 g/mol. The van der Waals surface area contributed by atoms with E-state index in [-0.39, 0.29) is 16.1 Å². The number of fused-ring (bicyclic) bond motifs is 1. The van der Waals surface area contributed by atoms with Gasteiger partial charge in [0, 0.05) is 5.39 Å². The lowest BCUT2D eigenvalue weighted by atomic mass is 10.1. The molecule has 0 bridgehead atoms. The first-order valence-corrected chi connectivity index (χ1v) is 5.05. The molecule has 0 fully saturated rings. The third-order valence-electron chi connectivity index (χ3n) is 2.32. The molecule has 0 saturated carbocycles. The Morgan fingerprint density at radius 2 is 1.94 bits per heavy atom. The molecule has 8 heteroatoms. The largest absolute Gasteiger partial charge is 0.433 e. The van der Waals surface area contributed by atoms with Crippen molar-refractivity contribution < 1.29 is 17.6 Å². The van der Waals surface area contributed by atoms with E-state index in [1.807, 2.05) is 0 Å². The van der Waals surface area contributed by atoms with Crippen LogP contribution in [0.3, 0.4) is 0 Å². The molecule has 0 amide bonds. The molecule has 0 radical (unpaired) electrons. The molecular formula is C10H6ClF4N3. The summed E-state index contributed by atoms with van der Waals surface area (Å²) >= 11 is 5.50. The van der Waals surface area contributed by atoms with Crippen molar-refractivity contribution in [2.45, 2.75) is 6.18 Å². The fourth-order valence-corrected chi connectivity index (χ4v) is 1.65. The zero-order valence-corrected chi connectivity index (χ0v) is 9.40. The van der Waals surface area contributed by atoms with Gasteiger partial charge in [-0.05, 0) is 18.2 Å². The number of nitrogens with one attached hydrogen (secondary N) is 1. The van der Waals surface area contributed by atoms with Gasteiger partial charge in [0.1, 0.15) is 11.2 Å². The van der Waals surface area contributed by atoms with Crippen LogP contribution in [0, 0.1) is 5.82 Å². The SMILES string of the molecule is NNc1cc(C(F)(F)F)nc2c(F)c(Cl)ccc12. The highest BCUT2D eigenvalue weighted by atomic mass is 35.5. The molecular weight excluding hydrogens is 274 g/mol. The number of aromatic nitrogens is 1. The molecule has 2 rings (SSSR count). The Morgan fingerprint density at radius 1 is 1.28 bits per heavy atom. The molecule has 18 heavy (non-hydrogen) atoms. The number of rotatable bonds is 1. The second kappa shape index (κ2) is 4.25. The van der Waals surface area contributed by atoms with Crippen molar-refractivity contribution >= 4 is 28.2 Å². The highest BCUT2D eigenvalue weighted by Crippen LogP contribution is 2.34. The van der Waals surface area contributed by atoms with Crippen LogP contribution in [0.2, 0.25) is 5.02 Å². The van der Waals surface area contributed by atoms with Gasteiger partial charge in [-0.1, -0.05) is 11.6 Å². The van der Waals surface area contributed by atoms with Crippen LogP contribution in [0.1, 0.15) is 5.69 Å². The van der Waals surface area contributed by atoms with Crippen molar-refractivity contribution in [2.24, 2.45) is 5.84 Å². The first kappa shape index (κ1) is 12.8. The summed E-state index contributed by atoms with van der Waals surface area (Å²) in [6, 6.07) is 3.26. The van der Waals surface area contributed by atoms with Gasteiger partial charge in [-0.15, -0.1) is 0 Å². The number of nitrogen functional groups attached to an aromatic ring is 1. The molecule has 3 N–H and O–H groups in total. The summed E-state index contributed by atoms with van der Waals surface area (Å²) in [6.45, 7) is 0. The lowest BCUT2D eigenvalue weighted by Gasteiger charge is -2.11. The average Bonchev–Trinajstić information content (AvgIpc) is 2.31. The number of alkyl halides is 3. The maximum Gasteiger partial charge on any atom is 0.433 e.